The highest BCUT2D eigenvalue weighted by Crippen LogP contribution is 2.04. The maximum Gasteiger partial charge on any atom is 0.323 e. The third-order valence-electron chi connectivity index (χ3n) is 1.22. The predicted octanol–water partition coefficient (Wildman–Crippen LogP) is 1.18. The van der Waals surface area contributed by atoms with Crippen LogP contribution in [0.4, 0.5) is 0 Å². The molecule has 0 aliphatic rings. The molecule has 0 bridgehead atoms. The molecule has 0 spiro atoms. The lowest BCUT2D eigenvalue weighted by Crippen LogP contribution is -2.20. The van der Waals surface area contributed by atoms with Crippen LogP contribution >= 0.6 is 34.2 Å². The maximum atomic E-state index is 10.3. The number of rotatable bonds is 3. The molecule has 1 rings (SSSR count). The Morgan fingerprint density at radius 2 is 2.58 bits per heavy atom. The smallest absolute Gasteiger partial charge is 0.323 e. The molecule has 1 N–H and O–H groups in total. The van der Waals surface area contributed by atoms with Crippen molar-refractivity contribution in [2.24, 2.45) is 0 Å². The minimum Gasteiger partial charge on any atom is -0.480 e. The van der Waals surface area contributed by atoms with E-state index in [1.54, 1.807) is 12.4 Å². The first-order chi connectivity index (χ1) is 5.59. The molecule has 1 unspecified atom stereocenters. The van der Waals surface area contributed by atoms with Crippen molar-refractivity contribution < 1.29 is 9.90 Å². The molecule has 0 saturated carbocycles. The highest BCUT2D eigenvalue weighted by molar-refractivity contribution is 14.1. The number of carbonyl (C=O) groups is 1. The van der Waals surface area contributed by atoms with Crippen molar-refractivity contribution in [3.05, 3.63) is 16.0 Å². The molecule has 4 nitrogen and oxygen atoms in total. The summed E-state index contributed by atoms with van der Waals surface area (Å²) in [7, 11) is 0. The van der Waals surface area contributed by atoms with Gasteiger partial charge in [0.2, 0.25) is 0 Å². The number of hydrogen-bond donors (Lipinski definition) is 1. The van der Waals surface area contributed by atoms with Crippen LogP contribution in [0.2, 0.25) is 0 Å². The van der Waals surface area contributed by atoms with Crippen molar-refractivity contribution in [3.8, 4) is 0 Å². The summed E-state index contributed by atoms with van der Waals surface area (Å²) in [6.07, 6.45) is 3.38. The second-order valence-corrected chi connectivity index (χ2v) is 3.96. The summed E-state index contributed by atoms with van der Waals surface area (Å²) in [6, 6.07) is 0. The quantitative estimate of drug-likeness (QED) is 0.674. The fourth-order valence-corrected chi connectivity index (χ4v) is 1.27. The molecule has 12 heavy (non-hydrogen) atoms. The van der Waals surface area contributed by atoms with E-state index in [2.05, 4.69) is 27.7 Å². The molecule has 0 aromatic carbocycles. The Hall–Kier alpha value is -0.300. The molecular weight excluding hydrogens is 294 g/mol. The van der Waals surface area contributed by atoms with Crippen LogP contribution in [0, 0.1) is 3.57 Å². The summed E-state index contributed by atoms with van der Waals surface area (Å²) >= 11 is 7.59. The monoisotopic (exact) mass is 300 g/mol. The summed E-state index contributed by atoms with van der Waals surface area (Å²) in [5, 5.41) is 11.5. The zero-order valence-electron chi connectivity index (χ0n) is 5.94. The van der Waals surface area contributed by atoms with Gasteiger partial charge in [0.15, 0.2) is 5.38 Å². The summed E-state index contributed by atoms with van der Waals surface area (Å²) in [5.41, 5.74) is 0. The molecule has 0 aliphatic heterocycles. The molecule has 6 heteroatoms. The Labute approximate surface area is 87.7 Å². The first kappa shape index (κ1) is 9.79. The summed E-state index contributed by atoms with van der Waals surface area (Å²) in [6.45, 7) is 0.194. The largest absolute Gasteiger partial charge is 0.480 e. The van der Waals surface area contributed by atoms with Gasteiger partial charge in [0.05, 0.1) is 16.3 Å². The number of alkyl halides is 1. The van der Waals surface area contributed by atoms with Gasteiger partial charge in [-0.1, -0.05) is 0 Å². The lowest BCUT2D eigenvalue weighted by Gasteiger charge is -2.02. The number of carboxylic acid groups (broad SMARTS) is 1. The van der Waals surface area contributed by atoms with Gasteiger partial charge in [-0.2, -0.15) is 5.10 Å². The van der Waals surface area contributed by atoms with E-state index in [0.717, 1.165) is 3.57 Å². The molecule has 1 aromatic rings. The molecule has 0 amide bonds. The second-order valence-electron chi connectivity index (χ2n) is 2.19. The minimum absolute atomic E-state index is 0.194. The summed E-state index contributed by atoms with van der Waals surface area (Å²) < 4.78 is 2.47. The molecule has 1 heterocycles. The van der Waals surface area contributed by atoms with Gasteiger partial charge in [0.25, 0.3) is 0 Å². The SMILES string of the molecule is O=C(O)C(Cl)Cn1cc(I)cn1. The van der Waals surface area contributed by atoms with Crippen LogP contribution in [0.25, 0.3) is 0 Å². The van der Waals surface area contributed by atoms with Crippen LogP contribution < -0.4 is 0 Å². The molecule has 0 aliphatic carbocycles. The zero-order valence-corrected chi connectivity index (χ0v) is 8.86. The average molecular weight is 300 g/mol. The van der Waals surface area contributed by atoms with Gasteiger partial charge in [0, 0.05) is 6.20 Å². The van der Waals surface area contributed by atoms with E-state index in [-0.39, 0.29) is 6.54 Å². The van der Waals surface area contributed by atoms with Gasteiger partial charge in [0.1, 0.15) is 0 Å². The van der Waals surface area contributed by atoms with Gasteiger partial charge >= 0.3 is 5.97 Å². The van der Waals surface area contributed by atoms with Crippen LogP contribution in [0.5, 0.6) is 0 Å². The highest BCUT2D eigenvalue weighted by atomic mass is 127. The number of hydrogen-bond acceptors (Lipinski definition) is 2. The molecule has 1 atom stereocenters. The fraction of sp³-hybridized carbons (Fsp3) is 0.333. The number of aromatic nitrogens is 2. The van der Waals surface area contributed by atoms with Crippen LogP contribution in [-0.4, -0.2) is 26.2 Å². The van der Waals surface area contributed by atoms with E-state index < -0.39 is 11.3 Å². The Bertz CT molecular complexity index is 289. The topological polar surface area (TPSA) is 55.1 Å². The number of carboxylic acids is 1. The summed E-state index contributed by atoms with van der Waals surface area (Å²) in [4.78, 5) is 10.3. The van der Waals surface area contributed by atoms with Crippen molar-refractivity contribution in [1.82, 2.24) is 9.78 Å². The second kappa shape index (κ2) is 4.08. The van der Waals surface area contributed by atoms with E-state index in [1.807, 2.05) is 0 Å². The first-order valence-electron chi connectivity index (χ1n) is 3.14. The number of halogens is 2. The zero-order chi connectivity index (χ0) is 9.14. The van der Waals surface area contributed by atoms with Gasteiger partial charge in [-0.3, -0.25) is 9.48 Å². The van der Waals surface area contributed by atoms with Crippen molar-refractivity contribution in [2.75, 3.05) is 0 Å². The van der Waals surface area contributed by atoms with E-state index >= 15 is 0 Å². The minimum atomic E-state index is -1.03. The van der Waals surface area contributed by atoms with E-state index in [4.69, 9.17) is 16.7 Å². The summed E-state index contributed by atoms with van der Waals surface area (Å²) in [5.74, 6) is -1.03. The van der Waals surface area contributed by atoms with E-state index in [0.29, 0.717) is 0 Å². The highest BCUT2D eigenvalue weighted by Gasteiger charge is 2.14. The molecule has 0 radical (unpaired) electrons. The molecular formula is C6H6ClIN2O2. The number of nitrogens with zero attached hydrogens (tertiary/aromatic N) is 2. The van der Waals surface area contributed by atoms with Crippen molar-refractivity contribution in [2.45, 2.75) is 11.9 Å². The Balaban J connectivity index is 2.58. The van der Waals surface area contributed by atoms with Gasteiger partial charge in [-0.15, -0.1) is 11.6 Å². The Morgan fingerprint density at radius 3 is 3.00 bits per heavy atom. The first-order valence-corrected chi connectivity index (χ1v) is 4.66. The fourth-order valence-electron chi connectivity index (χ4n) is 0.681. The van der Waals surface area contributed by atoms with Crippen molar-refractivity contribution in [3.63, 3.8) is 0 Å². The van der Waals surface area contributed by atoms with Crippen LogP contribution in [0.1, 0.15) is 0 Å². The maximum absolute atomic E-state index is 10.3. The Kier molecular flexibility index (Phi) is 3.33. The molecule has 1 aromatic heterocycles. The third-order valence-corrected chi connectivity index (χ3v) is 2.10. The number of aliphatic carboxylic acids is 1. The molecule has 0 fully saturated rings. The van der Waals surface area contributed by atoms with Gasteiger partial charge in [-0.25, -0.2) is 0 Å². The molecule has 0 saturated heterocycles. The average Bonchev–Trinajstić information content (AvgIpc) is 2.35. The lowest BCUT2D eigenvalue weighted by molar-refractivity contribution is -0.136. The van der Waals surface area contributed by atoms with Crippen LogP contribution in [-0.2, 0) is 11.3 Å². The van der Waals surface area contributed by atoms with E-state index in [9.17, 15) is 4.79 Å². The van der Waals surface area contributed by atoms with Gasteiger partial charge in [-0.05, 0) is 22.6 Å². The molecule has 66 valence electrons. The third kappa shape index (κ3) is 2.63. The normalized spacial score (nSPS) is 12.8. The predicted molar refractivity (Wildman–Crippen MR) is 52.2 cm³/mol. The Morgan fingerprint density at radius 1 is 1.92 bits per heavy atom. The van der Waals surface area contributed by atoms with Crippen LogP contribution in [0.15, 0.2) is 12.4 Å². The standard InChI is InChI=1S/C6H6ClIN2O2/c7-5(6(11)12)3-10-2-4(8)1-9-10/h1-2,5H,3H2,(H,11,12). The van der Waals surface area contributed by atoms with Crippen LogP contribution in [0.3, 0.4) is 0 Å². The lowest BCUT2D eigenvalue weighted by atomic mass is 10.4. The van der Waals surface area contributed by atoms with Gasteiger partial charge < -0.3 is 5.11 Å². The van der Waals surface area contributed by atoms with Crippen molar-refractivity contribution in [1.29, 1.82) is 0 Å². The van der Waals surface area contributed by atoms with Crippen molar-refractivity contribution >= 4 is 40.2 Å². The van der Waals surface area contributed by atoms with E-state index in [1.165, 1.54) is 4.68 Å².